The second-order valence-corrected chi connectivity index (χ2v) is 2.94. The topological polar surface area (TPSA) is 49.7 Å². The molecule has 0 amide bonds. The largest absolute Gasteiger partial charge is 0.496 e. The van der Waals surface area contributed by atoms with Crippen molar-refractivity contribution in [1.82, 2.24) is 0 Å². The summed E-state index contributed by atoms with van der Waals surface area (Å²) in [6, 6.07) is 5.48. The molecule has 2 N–H and O–H groups in total. The van der Waals surface area contributed by atoms with Crippen molar-refractivity contribution in [2.45, 2.75) is 13.0 Å². The lowest BCUT2D eigenvalue weighted by atomic mass is 10.1. The van der Waals surface area contributed by atoms with Gasteiger partial charge in [-0.3, -0.25) is 0 Å². The first-order valence-electron chi connectivity index (χ1n) is 4.12. The van der Waals surface area contributed by atoms with E-state index < -0.39 is 6.10 Å². The third-order valence-electron chi connectivity index (χ3n) is 1.92. The smallest absolute Gasteiger partial charge is 0.124 e. The molecule has 0 bridgehead atoms. The fraction of sp³-hybridized carbons (Fsp3) is 0.400. The molecule has 0 spiro atoms. The highest BCUT2D eigenvalue weighted by Gasteiger charge is 2.11. The monoisotopic (exact) mass is 182 g/mol. The van der Waals surface area contributed by atoms with Crippen molar-refractivity contribution in [3.63, 3.8) is 0 Å². The van der Waals surface area contributed by atoms with Crippen molar-refractivity contribution in [2.24, 2.45) is 0 Å². The van der Waals surface area contributed by atoms with Crippen LogP contribution in [0.5, 0.6) is 5.75 Å². The Labute approximate surface area is 77.6 Å². The van der Waals surface area contributed by atoms with E-state index in [1.165, 1.54) is 7.11 Å². The van der Waals surface area contributed by atoms with Crippen LogP contribution in [0.3, 0.4) is 0 Å². The number of rotatable bonds is 3. The first kappa shape index (κ1) is 10.0. The van der Waals surface area contributed by atoms with Crippen molar-refractivity contribution in [3.8, 4) is 5.75 Å². The number of ether oxygens (including phenoxy) is 1. The minimum atomic E-state index is -0.866. The molecule has 0 aliphatic heterocycles. The van der Waals surface area contributed by atoms with Crippen LogP contribution in [0.4, 0.5) is 0 Å². The van der Waals surface area contributed by atoms with Crippen molar-refractivity contribution < 1.29 is 14.9 Å². The molecule has 13 heavy (non-hydrogen) atoms. The van der Waals surface area contributed by atoms with E-state index in [-0.39, 0.29) is 6.61 Å². The van der Waals surface area contributed by atoms with E-state index in [9.17, 15) is 5.11 Å². The SMILES string of the molecule is COc1ccc(C)cc1C(O)CO. The van der Waals surface area contributed by atoms with Crippen LogP contribution in [-0.2, 0) is 0 Å². The zero-order valence-corrected chi connectivity index (χ0v) is 7.82. The predicted molar refractivity (Wildman–Crippen MR) is 49.8 cm³/mol. The van der Waals surface area contributed by atoms with Crippen molar-refractivity contribution in [3.05, 3.63) is 29.3 Å². The van der Waals surface area contributed by atoms with Gasteiger partial charge in [0.05, 0.1) is 13.7 Å². The summed E-state index contributed by atoms with van der Waals surface area (Å²) in [7, 11) is 1.54. The maximum absolute atomic E-state index is 9.44. The Morgan fingerprint density at radius 1 is 1.46 bits per heavy atom. The number of methoxy groups -OCH3 is 1. The molecule has 0 saturated carbocycles. The van der Waals surface area contributed by atoms with Gasteiger partial charge in [-0.15, -0.1) is 0 Å². The Bertz CT molecular complexity index is 283. The lowest BCUT2D eigenvalue weighted by Crippen LogP contribution is -2.04. The van der Waals surface area contributed by atoms with Gasteiger partial charge < -0.3 is 14.9 Å². The molecule has 1 aromatic rings. The van der Waals surface area contributed by atoms with Gasteiger partial charge in [0.2, 0.25) is 0 Å². The summed E-state index contributed by atoms with van der Waals surface area (Å²) in [6.07, 6.45) is -0.866. The zero-order valence-electron chi connectivity index (χ0n) is 7.82. The molecule has 1 unspecified atom stereocenters. The average molecular weight is 182 g/mol. The first-order valence-corrected chi connectivity index (χ1v) is 4.12. The number of hydrogen-bond acceptors (Lipinski definition) is 3. The van der Waals surface area contributed by atoms with Crippen LogP contribution in [0.2, 0.25) is 0 Å². The van der Waals surface area contributed by atoms with E-state index >= 15 is 0 Å². The molecule has 3 nitrogen and oxygen atoms in total. The lowest BCUT2D eigenvalue weighted by molar-refractivity contribution is 0.0933. The number of hydrogen-bond donors (Lipinski definition) is 2. The fourth-order valence-corrected chi connectivity index (χ4v) is 1.21. The summed E-state index contributed by atoms with van der Waals surface area (Å²) in [5.41, 5.74) is 1.66. The quantitative estimate of drug-likeness (QED) is 0.734. The number of benzene rings is 1. The molecule has 0 aliphatic rings. The van der Waals surface area contributed by atoms with E-state index in [4.69, 9.17) is 9.84 Å². The van der Waals surface area contributed by atoms with Gasteiger partial charge in [-0.05, 0) is 19.1 Å². The standard InChI is InChI=1S/C10H14O3/c1-7-3-4-10(13-2)8(5-7)9(12)6-11/h3-5,9,11-12H,6H2,1-2H3. The summed E-state index contributed by atoms with van der Waals surface area (Å²) in [4.78, 5) is 0. The van der Waals surface area contributed by atoms with Crippen LogP contribution in [0, 0.1) is 6.92 Å². The van der Waals surface area contributed by atoms with Crippen LogP contribution in [-0.4, -0.2) is 23.9 Å². The fourth-order valence-electron chi connectivity index (χ4n) is 1.21. The van der Waals surface area contributed by atoms with Gasteiger partial charge in [-0.1, -0.05) is 11.6 Å². The van der Waals surface area contributed by atoms with Gasteiger partial charge in [0.15, 0.2) is 0 Å². The average Bonchev–Trinajstić information content (AvgIpc) is 2.16. The summed E-state index contributed by atoms with van der Waals surface area (Å²) in [5, 5.41) is 18.2. The molecule has 3 heteroatoms. The lowest BCUT2D eigenvalue weighted by Gasteiger charge is -2.12. The minimum Gasteiger partial charge on any atom is -0.496 e. The van der Waals surface area contributed by atoms with Gasteiger partial charge in [0.1, 0.15) is 11.9 Å². The van der Waals surface area contributed by atoms with Gasteiger partial charge >= 0.3 is 0 Å². The van der Waals surface area contributed by atoms with Crippen LogP contribution < -0.4 is 4.74 Å². The molecule has 0 heterocycles. The summed E-state index contributed by atoms with van der Waals surface area (Å²) >= 11 is 0. The molecule has 0 fully saturated rings. The molecule has 0 saturated heterocycles. The van der Waals surface area contributed by atoms with E-state index in [0.29, 0.717) is 11.3 Å². The number of aliphatic hydroxyl groups is 2. The van der Waals surface area contributed by atoms with Crippen molar-refractivity contribution in [2.75, 3.05) is 13.7 Å². The molecule has 0 radical (unpaired) electrons. The molecule has 72 valence electrons. The molecule has 1 atom stereocenters. The zero-order chi connectivity index (χ0) is 9.84. The Balaban J connectivity index is 3.07. The Hall–Kier alpha value is -1.06. The Morgan fingerprint density at radius 2 is 2.15 bits per heavy atom. The molecule has 0 aromatic heterocycles. The number of aryl methyl sites for hydroxylation is 1. The van der Waals surface area contributed by atoms with Crippen molar-refractivity contribution in [1.29, 1.82) is 0 Å². The summed E-state index contributed by atoms with van der Waals surface area (Å²) in [6.45, 7) is 1.63. The highest BCUT2D eigenvalue weighted by molar-refractivity contribution is 5.38. The Morgan fingerprint density at radius 3 is 2.69 bits per heavy atom. The van der Waals surface area contributed by atoms with Gasteiger partial charge in [0.25, 0.3) is 0 Å². The second kappa shape index (κ2) is 4.25. The summed E-state index contributed by atoms with van der Waals surface area (Å²) in [5.74, 6) is 0.604. The van der Waals surface area contributed by atoms with Crippen LogP contribution >= 0.6 is 0 Å². The normalized spacial score (nSPS) is 12.6. The Kier molecular flexibility index (Phi) is 3.28. The first-order chi connectivity index (χ1) is 6.19. The third-order valence-corrected chi connectivity index (χ3v) is 1.92. The second-order valence-electron chi connectivity index (χ2n) is 2.94. The van der Waals surface area contributed by atoms with E-state index in [0.717, 1.165) is 5.56 Å². The number of aliphatic hydroxyl groups excluding tert-OH is 2. The predicted octanol–water partition coefficient (Wildman–Crippen LogP) is 1.03. The maximum Gasteiger partial charge on any atom is 0.124 e. The molecule has 1 rings (SSSR count). The van der Waals surface area contributed by atoms with E-state index in [1.807, 2.05) is 13.0 Å². The van der Waals surface area contributed by atoms with Crippen LogP contribution in [0.15, 0.2) is 18.2 Å². The minimum absolute atomic E-state index is 0.292. The van der Waals surface area contributed by atoms with Crippen molar-refractivity contribution >= 4 is 0 Å². The molecular formula is C10H14O3. The van der Waals surface area contributed by atoms with E-state index in [2.05, 4.69) is 0 Å². The van der Waals surface area contributed by atoms with Gasteiger partial charge in [0, 0.05) is 5.56 Å². The third kappa shape index (κ3) is 2.20. The van der Waals surface area contributed by atoms with Crippen LogP contribution in [0.25, 0.3) is 0 Å². The maximum atomic E-state index is 9.44. The van der Waals surface area contributed by atoms with E-state index in [1.54, 1.807) is 12.1 Å². The molecular weight excluding hydrogens is 168 g/mol. The summed E-state index contributed by atoms with van der Waals surface area (Å²) < 4.78 is 5.05. The highest BCUT2D eigenvalue weighted by atomic mass is 16.5. The molecule has 1 aromatic carbocycles. The van der Waals surface area contributed by atoms with Crippen LogP contribution in [0.1, 0.15) is 17.2 Å². The molecule has 0 aliphatic carbocycles. The van der Waals surface area contributed by atoms with Gasteiger partial charge in [-0.2, -0.15) is 0 Å². The van der Waals surface area contributed by atoms with Gasteiger partial charge in [-0.25, -0.2) is 0 Å². The highest BCUT2D eigenvalue weighted by Crippen LogP contribution is 2.25.